The van der Waals surface area contributed by atoms with Crippen LogP contribution in [0.3, 0.4) is 0 Å². The second-order valence-corrected chi connectivity index (χ2v) is 10.9. The van der Waals surface area contributed by atoms with Crippen LogP contribution in [-0.2, 0) is 15.4 Å². The molecule has 1 N–H and O–H groups in total. The van der Waals surface area contributed by atoms with Gasteiger partial charge in [0, 0.05) is 5.56 Å². The molecule has 1 aliphatic rings. The third-order valence-corrected chi connectivity index (χ3v) is 7.26. The standard InChI is InChI=1S/C23H28N4O3S/c1-23(2,3)17-10-12-19(13-11-17)31(29,30)25-22(28)16-9-14-21-20(15-16)24-26-27(21)18-7-5-4-6-8-18/h9-15,18H,4-8H2,1-3H3,(H,25,28). The maximum Gasteiger partial charge on any atom is 0.265 e. The molecule has 0 aliphatic heterocycles. The van der Waals surface area contributed by atoms with E-state index in [0.717, 1.165) is 23.9 Å². The third-order valence-electron chi connectivity index (χ3n) is 5.91. The largest absolute Gasteiger partial charge is 0.268 e. The monoisotopic (exact) mass is 440 g/mol. The lowest BCUT2D eigenvalue weighted by molar-refractivity contribution is 0.0981. The molecule has 164 valence electrons. The van der Waals surface area contributed by atoms with Gasteiger partial charge in [-0.1, -0.05) is 57.4 Å². The van der Waals surface area contributed by atoms with Gasteiger partial charge in [0.1, 0.15) is 5.52 Å². The zero-order valence-corrected chi connectivity index (χ0v) is 18.9. The second-order valence-electron chi connectivity index (χ2n) is 9.24. The zero-order chi connectivity index (χ0) is 22.2. The van der Waals surface area contributed by atoms with Crippen molar-refractivity contribution in [2.24, 2.45) is 0 Å². The van der Waals surface area contributed by atoms with Gasteiger partial charge >= 0.3 is 0 Å². The van der Waals surface area contributed by atoms with E-state index in [2.05, 4.69) is 35.8 Å². The van der Waals surface area contributed by atoms with Gasteiger partial charge in [0.15, 0.2) is 0 Å². The Morgan fingerprint density at radius 2 is 1.71 bits per heavy atom. The summed E-state index contributed by atoms with van der Waals surface area (Å²) in [4.78, 5) is 12.7. The first-order valence-corrected chi connectivity index (χ1v) is 12.2. The number of carbonyl (C=O) groups is 1. The van der Waals surface area contributed by atoms with E-state index < -0.39 is 15.9 Å². The minimum absolute atomic E-state index is 0.0539. The molecule has 0 unspecified atom stereocenters. The van der Waals surface area contributed by atoms with Gasteiger partial charge in [-0.05, 0) is 54.2 Å². The molecule has 1 aliphatic carbocycles. The molecule has 8 heteroatoms. The molecule has 0 atom stereocenters. The van der Waals surface area contributed by atoms with E-state index in [9.17, 15) is 13.2 Å². The van der Waals surface area contributed by atoms with Crippen molar-refractivity contribution in [2.45, 2.75) is 69.2 Å². The molecule has 0 bridgehead atoms. The number of carbonyl (C=O) groups excluding carboxylic acids is 1. The Hall–Kier alpha value is -2.74. The first-order chi connectivity index (χ1) is 14.6. The summed E-state index contributed by atoms with van der Waals surface area (Å²) < 4.78 is 29.5. The van der Waals surface area contributed by atoms with Crippen LogP contribution in [0.15, 0.2) is 47.4 Å². The summed E-state index contributed by atoms with van der Waals surface area (Å²) >= 11 is 0. The summed E-state index contributed by atoms with van der Waals surface area (Å²) in [5.41, 5.74) is 2.62. The van der Waals surface area contributed by atoms with Crippen molar-refractivity contribution < 1.29 is 13.2 Å². The van der Waals surface area contributed by atoms with Crippen molar-refractivity contribution >= 4 is 27.0 Å². The summed E-state index contributed by atoms with van der Waals surface area (Å²) in [7, 11) is -3.98. The Labute approximate surface area is 182 Å². The number of sulfonamides is 1. The topological polar surface area (TPSA) is 93.9 Å². The number of hydrogen-bond donors (Lipinski definition) is 1. The van der Waals surface area contributed by atoms with E-state index in [0.29, 0.717) is 11.6 Å². The van der Waals surface area contributed by atoms with E-state index in [1.807, 2.05) is 4.68 Å². The maximum absolute atomic E-state index is 12.7. The lowest BCUT2D eigenvalue weighted by Gasteiger charge is -2.21. The second kappa shape index (κ2) is 8.07. The highest BCUT2D eigenvalue weighted by molar-refractivity contribution is 7.90. The van der Waals surface area contributed by atoms with Crippen LogP contribution < -0.4 is 4.72 Å². The smallest absolute Gasteiger partial charge is 0.265 e. The SMILES string of the molecule is CC(C)(C)c1ccc(S(=O)(=O)NC(=O)c2ccc3c(c2)nnn3C2CCCCC2)cc1. The average Bonchev–Trinajstić information content (AvgIpc) is 3.17. The number of amides is 1. The highest BCUT2D eigenvalue weighted by Gasteiger charge is 2.22. The molecule has 0 radical (unpaired) electrons. The van der Waals surface area contributed by atoms with Crippen LogP contribution in [-0.4, -0.2) is 29.3 Å². The molecule has 1 saturated carbocycles. The highest BCUT2D eigenvalue weighted by atomic mass is 32.2. The number of fused-ring (bicyclic) bond motifs is 1. The van der Waals surface area contributed by atoms with Gasteiger partial charge in [0.25, 0.3) is 15.9 Å². The summed E-state index contributed by atoms with van der Waals surface area (Å²) in [6.07, 6.45) is 5.77. The summed E-state index contributed by atoms with van der Waals surface area (Å²) in [6, 6.07) is 11.9. The van der Waals surface area contributed by atoms with Crippen molar-refractivity contribution in [2.75, 3.05) is 0 Å². The van der Waals surface area contributed by atoms with E-state index in [4.69, 9.17) is 0 Å². The molecule has 1 fully saturated rings. The van der Waals surface area contributed by atoms with Crippen molar-refractivity contribution in [1.29, 1.82) is 0 Å². The minimum atomic E-state index is -3.98. The molecule has 2 aromatic carbocycles. The first-order valence-electron chi connectivity index (χ1n) is 10.7. The van der Waals surface area contributed by atoms with E-state index in [-0.39, 0.29) is 15.9 Å². The van der Waals surface area contributed by atoms with Crippen LogP contribution >= 0.6 is 0 Å². The van der Waals surface area contributed by atoms with Gasteiger partial charge in [-0.2, -0.15) is 0 Å². The van der Waals surface area contributed by atoms with Gasteiger partial charge in [0.2, 0.25) is 0 Å². The Kier molecular flexibility index (Phi) is 5.60. The maximum atomic E-state index is 12.7. The van der Waals surface area contributed by atoms with Gasteiger partial charge in [-0.25, -0.2) is 17.8 Å². The molecule has 3 aromatic rings. The lowest BCUT2D eigenvalue weighted by atomic mass is 9.87. The molecule has 1 heterocycles. The average molecular weight is 441 g/mol. The molecule has 0 saturated heterocycles. The van der Waals surface area contributed by atoms with E-state index in [1.165, 1.54) is 31.4 Å². The lowest BCUT2D eigenvalue weighted by Crippen LogP contribution is -2.30. The van der Waals surface area contributed by atoms with E-state index in [1.54, 1.807) is 30.3 Å². The van der Waals surface area contributed by atoms with Crippen molar-refractivity contribution in [3.05, 3.63) is 53.6 Å². The van der Waals surface area contributed by atoms with Crippen molar-refractivity contribution in [3.8, 4) is 0 Å². The predicted octanol–water partition coefficient (Wildman–Crippen LogP) is 4.35. The fraction of sp³-hybridized carbons (Fsp3) is 0.435. The molecular weight excluding hydrogens is 412 g/mol. The minimum Gasteiger partial charge on any atom is -0.268 e. The van der Waals surface area contributed by atoms with Crippen molar-refractivity contribution in [1.82, 2.24) is 19.7 Å². The summed E-state index contributed by atoms with van der Waals surface area (Å²) in [5, 5.41) is 8.49. The molecule has 1 aromatic heterocycles. The van der Waals surface area contributed by atoms with Crippen LogP contribution in [0.1, 0.15) is 74.8 Å². The molecule has 31 heavy (non-hydrogen) atoms. The van der Waals surface area contributed by atoms with E-state index >= 15 is 0 Å². The predicted molar refractivity (Wildman–Crippen MR) is 119 cm³/mol. The quantitative estimate of drug-likeness (QED) is 0.651. The first kappa shape index (κ1) is 21.5. The highest BCUT2D eigenvalue weighted by Crippen LogP contribution is 2.30. The summed E-state index contributed by atoms with van der Waals surface area (Å²) in [5.74, 6) is -0.686. The number of benzene rings is 2. The fourth-order valence-electron chi connectivity index (χ4n) is 4.05. The number of aromatic nitrogens is 3. The third kappa shape index (κ3) is 4.49. The molecule has 4 rings (SSSR count). The Bertz CT molecular complexity index is 1200. The number of nitrogens with zero attached hydrogens (tertiary/aromatic N) is 3. The Morgan fingerprint density at radius 3 is 2.35 bits per heavy atom. The van der Waals surface area contributed by atoms with Crippen LogP contribution in [0.2, 0.25) is 0 Å². The molecular formula is C23H28N4O3S. The summed E-state index contributed by atoms with van der Waals surface area (Å²) in [6.45, 7) is 6.16. The van der Waals surface area contributed by atoms with Crippen molar-refractivity contribution in [3.63, 3.8) is 0 Å². The number of rotatable bonds is 4. The molecule has 0 spiro atoms. The van der Waals surface area contributed by atoms with Crippen LogP contribution in [0.4, 0.5) is 0 Å². The number of nitrogens with one attached hydrogen (secondary N) is 1. The number of hydrogen-bond acceptors (Lipinski definition) is 5. The zero-order valence-electron chi connectivity index (χ0n) is 18.1. The van der Waals surface area contributed by atoms with Crippen LogP contribution in [0.25, 0.3) is 11.0 Å². The van der Waals surface area contributed by atoms with Gasteiger partial charge in [0.05, 0.1) is 16.5 Å². The fourth-order valence-corrected chi connectivity index (χ4v) is 5.03. The normalized spacial score (nSPS) is 15.8. The van der Waals surface area contributed by atoms with Gasteiger partial charge in [-0.15, -0.1) is 5.10 Å². The van der Waals surface area contributed by atoms with Crippen LogP contribution in [0.5, 0.6) is 0 Å². The Balaban J connectivity index is 1.53. The molecule has 7 nitrogen and oxygen atoms in total. The molecule has 1 amide bonds. The van der Waals surface area contributed by atoms with Gasteiger partial charge < -0.3 is 0 Å². The van der Waals surface area contributed by atoms with Crippen LogP contribution in [0, 0.1) is 0 Å². The van der Waals surface area contributed by atoms with Gasteiger partial charge in [-0.3, -0.25) is 4.79 Å². The Morgan fingerprint density at radius 1 is 1.03 bits per heavy atom.